The highest BCUT2D eigenvalue weighted by atomic mass is 35.5. The van der Waals surface area contributed by atoms with E-state index in [2.05, 4.69) is 41.7 Å². The van der Waals surface area contributed by atoms with Crippen molar-refractivity contribution in [2.75, 3.05) is 5.32 Å². The van der Waals surface area contributed by atoms with E-state index in [0.717, 1.165) is 27.6 Å². The summed E-state index contributed by atoms with van der Waals surface area (Å²) >= 11 is 6.20. The van der Waals surface area contributed by atoms with Crippen molar-refractivity contribution in [3.63, 3.8) is 0 Å². The van der Waals surface area contributed by atoms with Crippen molar-refractivity contribution >= 4 is 38.4 Å². The van der Waals surface area contributed by atoms with E-state index in [0.29, 0.717) is 5.92 Å². The predicted octanol–water partition coefficient (Wildman–Crippen LogP) is 3.98. The topological polar surface area (TPSA) is 24.1 Å². The highest BCUT2D eigenvalue weighted by Gasteiger charge is 2.22. The van der Waals surface area contributed by atoms with E-state index in [-0.39, 0.29) is 6.17 Å². The highest BCUT2D eigenvalue weighted by Crippen LogP contribution is 2.42. The van der Waals surface area contributed by atoms with E-state index in [4.69, 9.17) is 11.6 Å². The lowest BCUT2D eigenvalue weighted by molar-refractivity contribution is 0.506. The van der Waals surface area contributed by atoms with Crippen LogP contribution < -0.4 is 10.0 Å². The molecule has 1 heterocycles. The summed E-state index contributed by atoms with van der Waals surface area (Å²) in [6.07, 6.45) is 1.27. The Morgan fingerprint density at radius 2 is 2.06 bits per heavy atom. The molecular weight excluding hydrogens is 264 g/mol. The molecule has 2 rings (SSSR count). The molecule has 1 unspecified atom stereocenters. The molecule has 0 amide bonds. The zero-order valence-corrected chi connectivity index (χ0v) is 12.8. The number of hydrogen-bond acceptors (Lipinski definition) is 2. The molecule has 2 nitrogen and oxygen atoms in total. The number of hydrogen-bond donors (Lipinski definition) is 2. The van der Waals surface area contributed by atoms with Crippen molar-refractivity contribution in [1.29, 1.82) is 0 Å². The molecule has 1 aliphatic heterocycles. The van der Waals surface area contributed by atoms with Crippen LogP contribution in [0.5, 0.6) is 0 Å². The van der Waals surface area contributed by atoms with Gasteiger partial charge in [-0.1, -0.05) is 37.2 Å². The van der Waals surface area contributed by atoms with Gasteiger partial charge in [0.25, 0.3) is 0 Å². The van der Waals surface area contributed by atoms with E-state index < -0.39 is 9.39 Å². The van der Waals surface area contributed by atoms with Gasteiger partial charge in [0.2, 0.25) is 0 Å². The molecule has 1 aliphatic rings. The number of fused-ring (bicyclic) bond motifs is 1. The van der Waals surface area contributed by atoms with Crippen LogP contribution in [0.2, 0.25) is 5.02 Å². The molecule has 1 aromatic rings. The molecule has 4 heteroatoms. The van der Waals surface area contributed by atoms with Crippen LogP contribution in [0.25, 0.3) is 0 Å². The van der Waals surface area contributed by atoms with Crippen molar-refractivity contribution in [1.82, 2.24) is 4.72 Å². The second kappa shape index (κ2) is 4.80. The van der Waals surface area contributed by atoms with Crippen LogP contribution in [0.3, 0.4) is 0 Å². The Bertz CT molecular complexity index is 561. The lowest BCUT2D eigenvalue weighted by Gasteiger charge is -2.35. The molecule has 1 aromatic carbocycles. The SMILES string of the molecule is C=S1(=C)NC(CC(C)C)Nc2cc(Cl)c(C)cc21. The maximum absolute atomic E-state index is 6.20. The molecule has 0 spiro atoms. The Balaban J connectivity index is 2.44. The third-order valence-electron chi connectivity index (χ3n) is 3.09. The predicted molar refractivity (Wildman–Crippen MR) is 86.3 cm³/mol. The van der Waals surface area contributed by atoms with Gasteiger partial charge in [-0.05, 0) is 37.0 Å². The minimum atomic E-state index is -1.45. The molecule has 0 radical (unpaired) electrons. The first-order valence-electron chi connectivity index (χ1n) is 6.13. The van der Waals surface area contributed by atoms with Crippen LogP contribution >= 0.6 is 21.0 Å². The first kappa shape index (κ1) is 13.8. The third-order valence-corrected chi connectivity index (χ3v) is 5.41. The van der Waals surface area contributed by atoms with Gasteiger partial charge in [0.15, 0.2) is 0 Å². The van der Waals surface area contributed by atoms with Crippen LogP contribution in [0.4, 0.5) is 5.69 Å². The fraction of sp³-hybridized carbons (Fsp3) is 0.429. The minimum Gasteiger partial charge on any atom is -0.368 e. The van der Waals surface area contributed by atoms with Gasteiger partial charge < -0.3 is 5.32 Å². The summed E-state index contributed by atoms with van der Waals surface area (Å²) in [6, 6.07) is 4.09. The van der Waals surface area contributed by atoms with Gasteiger partial charge in [-0.25, -0.2) is 0 Å². The van der Waals surface area contributed by atoms with E-state index in [1.54, 1.807) is 0 Å². The number of nitrogens with one attached hydrogen (secondary N) is 2. The second-order valence-corrected chi connectivity index (χ2v) is 8.28. The molecule has 0 aromatic heterocycles. The second-order valence-electron chi connectivity index (χ2n) is 5.43. The molecule has 18 heavy (non-hydrogen) atoms. The first-order chi connectivity index (χ1) is 8.29. The van der Waals surface area contributed by atoms with Crippen LogP contribution in [0.1, 0.15) is 25.8 Å². The number of anilines is 1. The summed E-state index contributed by atoms with van der Waals surface area (Å²) in [5.41, 5.74) is 2.15. The van der Waals surface area contributed by atoms with Crippen LogP contribution in [-0.2, 0) is 0 Å². The van der Waals surface area contributed by atoms with Crippen LogP contribution in [0.15, 0.2) is 17.0 Å². The summed E-state index contributed by atoms with van der Waals surface area (Å²) in [7, 11) is -1.45. The minimum absolute atomic E-state index is 0.223. The number of aryl methyl sites for hydroxylation is 1. The normalized spacial score (nSPS) is 21.5. The maximum Gasteiger partial charge on any atom is 0.0856 e. The van der Waals surface area contributed by atoms with Gasteiger partial charge in [-0.15, -0.1) is 9.39 Å². The molecule has 100 valence electrons. The summed E-state index contributed by atoms with van der Waals surface area (Å²) in [5, 5.41) is 4.29. The van der Waals surface area contributed by atoms with Crippen LogP contribution in [-0.4, -0.2) is 17.9 Å². The lowest BCUT2D eigenvalue weighted by Crippen LogP contribution is -2.38. The van der Waals surface area contributed by atoms with Gasteiger partial charge >= 0.3 is 0 Å². The Kier molecular flexibility index (Phi) is 3.67. The lowest BCUT2D eigenvalue weighted by atomic mass is 10.1. The molecule has 0 saturated heterocycles. The summed E-state index contributed by atoms with van der Waals surface area (Å²) in [4.78, 5) is 1.16. The van der Waals surface area contributed by atoms with Crippen molar-refractivity contribution in [2.24, 2.45) is 5.92 Å². The van der Waals surface area contributed by atoms with Gasteiger partial charge in [0, 0.05) is 9.92 Å². The van der Waals surface area contributed by atoms with E-state index in [1.807, 2.05) is 13.0 Å². The average Bonchev–Trinajstić information content (AvgIpc) is 2.19. The molecule has 0 bridgehead atoms. The van der Waals surface area contributed by atoms with Crippen molar-refractivity contribution in [2.45, 2.75) is 38.3 Å². The number of benzene rings is 1. The molecule has 1 atom stereocenters. The molecule has 0 saturated carbocycles. The number of rotatable bonds is 2. The summed E-state index contributed by atoms with van der Waals surface area (Å²) < 4.78 is 3.53. The number of halogens is 1. The average molecular weight is 285 g/mol. The fourth-order valence-corrected chi connectivity index (χ4v) is 4.15. The van der Waals surface area contributed by atoms with E-state index >= 15 is 0 Å². The smallest absolute Gasteiger partial charge is 0.0856 e. The summed E-state index contributed by atoms with van der Waals surface area (Å²) in [5.74, 6) is 9.17. The first-order valence-corrected chi connectivity index (χ1v) is 8.48. The van der Waals surface area contributed by atoms with Crippen LogP contribution in [0, 0.1) is 12.8 Å². The maximum atomic E-state index is 6.20. The van der Waals surface area contributed by atoms with Crippen molar-refractivity contribution in [3.8, 4) is 0 Å². The Hall–Kier alpha value is -0.640. The van der Waals surface area contributed by atoms with Crippen molar-refractivity contribution in [3.05, 3.63) is 22.7 Å². The van der Waals surface area contributed by atoms with Gasteiger partial charge in [-0.3, -0.25) is 4.72 Å². The molecular formula is C14H21ClN2S. The molecule has 2 N–H and O–H groups in total. The Morgan fingerprint density at radius 3 is 2.67 bits per heavy atom. The Labute approximate surface area is 115 Å². The monoisotopic (exact) mass is 284 g/mol. The largest absolute Gasteiger partial charge is 0.368 e. The quantitative estimate of drug-likeness (QED) is 0.803. The van der Waals surface area contributed by atoms with E-state index in [1.165, 1.54) is 0 Å². The zero-order valence-electron chi connectivity index (χ0n) is 11.2. The standard InChI is InChI=1S/C14H21ClN2S/c1-9(2)6-14-16-12-8-11(15)10(3)7-13(12)18(4,5)17-14/h7-9,14,16-17H,4-6H2,1-3H3. The van der Waals surface area contributed by atoms with Gasteiger partial charge in [0.1, 0.15) is 0 Å². The molecule has 0 aliphatic carbocycles. The van der Waals surface area contributed by atoms with Crippen molar-refractivity contribution < 1.29 is 0 Å². The summed E-state index contributed by atoms with van der Waals surface area (Å²) in [6.45, 7) is 6.44. The van der Waals surface area contributed by atoms with Gasteiger partial charge in [-0.2, -0.15) is 0 Å². The fourth-order valence-electron chi connectivity index (χ4n) is 2.22. The highest BCUT2D eigenvalue weighted by molar-refractivity contribution is 8.26. The zero-order chi connectivity index (χ0) is 13.5. The van der Waals surface area contributed by atoms with E-state index in [9.17, 15) is 0 Å². The third kappa shape index (κ3) is 2.68. The van der Waals surface area contributed by atoms with Gasteiger partial charge in [0.05, 0.1) is 11.9 Å². The Morgan fingerprint density at radius 1 is 1.39 bits per heavy atom. The molecule has 0 fully saturated rings.